The van der Waals surface area contributed by atoms with Crippen LogP contribution in [0.15, 0.2) is 75.8 Å². The van der Waals surface area contributed by atoms with Crippen LogP contribution in [0, 0.1) is 0 Å². The van der Waals surface area contributed by atoms with E-state index >= 15 is 0 Å². The van der Waals surface area contributed by atoms with Crippen LogP contribution < -0.4 is 9.64 Å². The highest BCUT2D eigenvalue weighted by Gasteiger charge is 2.46. The quantitative estimate of drug-likeness (QED) is 0.290. The van der Waals surface area contributed by atoms with Crippen LogP contribution in [0.4, 0.5) is 5.13 Å². The third-order valence-corrected chi connectivity index (χ3v) is 7.61. The number of anilines is 1. The van der Waals surface area contributed by atoms with E-state index in [4.69, 9.17) is 4.74 Å². The molecule has 33 heavy (non-hydrogen) atoms. The number of hydrogen-bond acceptors (Lipinski definition) is 7. The standard InChI is InChI=1S/C24H17BrN2O4S2/c1-2-31-15-8-9-16-18(12-15)33-24(26-16)27-20(13-5-3-6-14(25)11-13)19(22(29)23(27)30)21(28)17-7-4-10-32-17/h3-12,20,29H,2H2,1H3/t20-/m0/s1. The van der Waals surface area contributed by atoms with Gasteiger partial charge in [0.25, 0.3) is 5.91 Å². The molecule has 0 aliphatic carbocycles. The first kappa shape index (κ1) is 21.8. The molecule has 9 heteroatoms. The molecule has 0 saturated carbocycles. The van der Waals surface area contributed by atoms with Crippen molar-refractivity contribution in [3.05, 3.63) is 86.2 Å². The molecule has 0 spiro atoms. The van der Waals surface area contributed by atoms with Crippen LogP contribution in [0.5, 0.6) is 5.75 Å². The lowest BCUT2D eigenvalue weighted by molar-refractivity contribution is -0.117. The lowest BCUT2D eigenvalue weighted by atomic mass is 9.96. The Bertz CT molecular complexity index is 1410. The monoisotopic (exact) mass is 540 g/mol. The summed E-state index contributed by atoms with van der Waals surface area (Å²) in [5, 5.41) is 13.1. The number of ether oxygens (including phenoxy) is 1. The Balaban J connectivity index is 1.65. The topological polar surface area (TPSA) is 79.7 Å². The first-order valence-corrected chi connectivity index (χ1v) is 12.6. The molecule has 0 radical (unpaired) electrons. The molecule has 1 N–H and O–H groups in total. The van der Waals surface area contributed by atoms with Crippen LogP contribution in [0.1, 0.15) is 28.2 Å². The summed E-state index contributed by atoms with van der Waals surface area (Å²) in [5.74, 6) is -0.856. The fourth-order valence-electron chi connectivity index (χ4n) is 3.82. The van der Waals surface area contributed by atoms with E-state index in [1.54, 1.807) is 17.5 Å². The number of Topliss-reactive ketones (excluding diaryl/α,β-unsaturated/α-hetero) is 1. The number of carbonyl (C=O) groups excluding carboxylic acids is 2. The van der Waals surface area contributed by atoms with E-state index in [2.05, 4.69) is 20.9 Å². The van der Waals surface area contributed by atoms with Gasteiger partial charge in [-0.1, -0.05) is 45.5 Å². The van der Waals surface area contributed by atoms with Crippen molar-refractivity contribution in [2.24, 2.45) is 0 Å². The minimum atomic E-state index is -0.809. The predicted molar refractivity (Wildman–Crippen MR) is 133 cm³/mol. The number of carbonyl (C=O) groups is 2. The molecule has 1 aliphatic rings. The summed E-state index contributed by atoms with van der Waals surface area (Å²) in [7, 11) is 0. The van der Waals surface area contributed by atoms with Gasteiger partial charge in [0.1, 0.15) is 5.75 Å². The summed E-state index contributed by atoms with van der Waals surface area (Å²) >= 11 is 6.05. The average Bonchev–Trinajstić information content (AvgIpc) is 3.52. The highest BCUT2D eigenvalue weighted by molar-refractivity contribution is 9.10. The van der Waals surface area contributed by atoms with Crippen LogP contribution in [-0.4, -0.2) is 28.4 Å². The van der Waals surface area contributed by atoms with Gasteiger partial charge in [-0.15, -0.1) is 11.3 Å². The smallest absolute Gasteiger partial charge is 0.296 e. The zero-order valence-corrected chi connectivity index (χ0v) is 20.5. The van der Waals surface area contributed by atoms with Gasteiger partial charge in [-0.2, -0.15) is 0 Å². The summed E-state index contributed by atoms with van der Waals surface area (Å²) < 4.78 is 7.22. The molecule has 0 bridgehead atoms. The number of ketones is 1. The van der Waals surface area contributed by atoms with Crippen molar-refractivity contribution in [2.75, 3.05) is 11.5 Å². The zero-order valence-electron chi connectivity index (χ0n) is 17.3. The number of aliphatic hydroxyl groups excluding tert-OH is 1. The van der Waals surface area contributed by atoms with Crippen LogP contribution in [-0.2, 0) is 4.79 Å². The molecular formula is C24H17BrN2O4S2. The van der Waals surface area contributed by atoms with Gasteiger partial charge in [0.15, 0.2) is 10.9 Å². The van der Waals surface area contributed by atoms with E-state index in [1.807, 2.05) is 49.4 Å². The normalized spacial score (nSPS) is 16.1. The molecule has 0 saturated heterocycles. The van der Waals surface area contributed by atoms with Gasteiger partial charge >= 0.3 is 0 Å². The van der Waals surface area contributed by atoms with Gasteiger partial charge in [0.05, 0.1) is 33.3 Å². The number of fused-ring (bicyclic) bond motifs is 1. The third kappa shape index (κ3) is 3.86. The molecule has 2 aromatic carbocycles. The maximum Gasteiger partial charge on any atom is 0.296 e. The summed E-state index contributed by atoms with van der Waals surface area (Å²) in [6.45, 7) is 2.45. The van der Waals surface area contributed by atoms with Crippen molar-refractivity contribution in [3.63, 3.8) is 0 Å². The first-order valence-electron chi connectivity index (χ1n) is 10.1. The van der Waals surface area contributed by atoms with E-state index < -0.39 is 17.7 Å². The summed E-state index contributed by atoms with van der Waals surface area (Å²) in [5.41, 5.74) is 1.45. The second kappa shape index (κ2) is 8.74. The molecule has 1 atom stereocenters. The van der Waals surface area contributed by atoms with Gasteiger partial charge in [-0.25, -0.2) is 4.98 Å². The Morgan fingerprint density at radius 2 is 2.06 bits per heavy atom. The van der Waals surface area contributed by atoms with Crippen molar-refractivity contribution >= 4 is 65.6 Å². The Labute approximate surface area is 205 Å². The molecule has 5 rings (SSSR count). The molecule has 1 aliphatic heterocycles. The van der Waals surface area contributed by atoms with Crippen LogP contribution in [0.3, 0.4) is 0 Å². The van der Waals surface area contributed by atoms with Gasteiger partial charge in [-0.3, -0.25) is 14.5 Å². The molecule has 0 unspecified atom stereocenters. The van der Waals surface area contributed by atoms with Crippen molar-refractivity contribution < 1.29 is 19.4 Å². The molecule has 2 aromatic heterocycles. The number of hydrogen-bond donors (Lipinski definition) is 1. The lowest BCUT2D eigenvalue weighted by Gasteiger charge is -2.24. The minimum Gasteiger partial charge on any atom is -0.503 e. The number of benzene rings is 2. The third-order valence-electron chi connectivity index (χ3n) is 5.23. The number of thiazole rings is 1. The molecule has 3 heterocycles. The highest BCUT2D eigenvalue weighted by Crippen LogP contribution is 2.45. The van der Waals surface area contributed by atoms with Gasteiger partial charge in [0.2, 0.25) is 5.78 Å². The Morgan fingerprint density at radius 3 is 2.79 bits per heavy atom. The number of amides is 1. The Morgan fingerprint density at radius 1 is 1.21 bits per heavy atom. The van der Waals surface area contributed by atoms with Gasteiger partial charge < -0.3 is 9.84 Å². The fraction of sp³-hybridized carbons (Fsp3) is 0.125. The van der Waals surface area contributed by atoms with Gasteiger partial charge in [0, 0.05) is 4.47 Å². The predicted octanol–water partition coefficient (Wildman–Crippen LogP) is 6.30. The van der Waals surface area contributed by atoms with E-state index in [9.17, 15) is 14.7 Å². The molecule has 6 nitrogen and oxygen atoms in total. The number of rotatable bonds is 6. The van der Waals surface area contributed by atoms with E-state index in [0.29, 0.717) is 33.4 Å². The van der Waals surface area contributed by atoms with Crippen LogP contribution in [0.2, 0.25) is 0 Å². The molecule has 1 amide bonds. The number of aliphatic hydroxyl groups is 1. The number of thiophene rings is 1. The number of aromatic nitrogens is 1. The van der Waals surface area contributed by atoms with Crippen molar-refractivity contribution in [3.8, 4) is 5.75 Å². The minimum absolute atomic E-state index is 0.0508. The first-order chi connectivity index (χ1) is 16.0. The molecular weight excluding hydrogens is 524 g/mol. The van der Waals surface area contributed by atoms with Crippen LogP contribution in [0.25, 0.3) is 10.2 Å². The summed E-state index contributed by atoms with van der Waals surface area (Å²) in [6, 6.07) is 15.5. The molecule has 4 aromatic rings. The highest BCUT2D eigenvalue weighted by atomic mass is 79.9. The van der Waals surface area contributed by atoms with Crippen molar-refractivity contribution in [2.45, 2.75) is 13.0 Å². The van der Waals surface area contributed by atoms with E-state index in [0.717, 1.165) is 9.17 Å². The van der Waals surface area contributed by atoms with Crippen molar-refractivity contribution in [1.82, 2.24) is 4.98 Å². The van der Waals surface area contributed by atoms with Crippen molar-refractivity contribution in [1.29, 1.82) is 0 Å². The Kier molecular flexibility index (Phi) is 5.77. The molecule has 166 valence electrons. The lowest BCUT2D eigenvalue weighted by Crippen LogP contribution is -2.30. The van der Waals surface area contributed by atoms with E-state index in [-0.39, 0.29) is 11.4 Å². The average molecular weight is 541 g/mol. The maximum absolute atomic E-state index is 13.4. The number of halogens is 1. The second-order valence-electron chi connectivity index (χ2n) is 7.26. The SMILES string of the molecule is CCOc1ccc2nc(N3C(=O)C(O)=C(C(=O)c4cccs4)[C@@H]3c3cccc(Br)c3)sc2c1. The number of nitrogens with zero attached hydrogens (tertiary/aromatic N) is 2. The summed E-state index contributed by atoms with van der Waals surface area (Å²) in [4.78, 5) is 33.2. The maximum atomic E-state index is 13.4. The zero-order chi connectivity index (χ0) is 23.1. The van der Waals surface area contributed by atoms with Crippen LogP contribution >= 0.6 is 38.6 Å². The fourth-order valence-corrected chi connectivity index (χ4v) is 5.93. The molecule has 0 fully saturated rings. The largest absolute Gasteiger partial charge is 0.503 e. The Hall–Kier alpha value is -3.01. The second-order valence-corrected chi connectivity index (χ2v) is 10.1. The van der Waals surface area contributed by atoms with E-state index in [1.165, 1.54) is 27.6 Å². The summed E-state index contributed by atoms with van der Waals surface area (Å²) in [6.07, 6.45) is 0. The van der Waals surface area contributed by atoms with Gasteiger partial charge in [-0.05, 0) is 54.3 Å².